The molecule has 0 saturated carbocycles. The van der Waals surface area contributed by atoms with Crippen LogP contribution < -0.4 is 5.32 Å². The van der Waals surface area contributed by atoms with E-state index in [-0.39, 0.29) is 18.7 Å². The van der Waals surface area contributed by atoms with Crippen molar-refractivity contribution in [2.45, 2.75) is 19.0 Å². The summed E-state index contributed by atoms with van der Waals surface area (Å²) < 4.78 is 5.45. The Hall–Kier alpha value is -2.90. The molecule has 146 valence electrons. The van der Waals surface area contributed by atoms with E-state index in [1.807, 2.05) is 47.4 Å². The number of aromatic nitrogens is 1. The number of amides is 2. The van der Waals surface area contributed by atoms with Crippen LogP contribution in [0.25, 0.3) is 10.9 Å². The average molecular weight is 380 g/mol. The van der Waals surface area contributed by atoms with Gasteiger partial charge in [-0.15, -0.1) is 0 Å². The molecule has 2 aromatic heterocycles. The summed E-state index contributed by atoms with van der Waals surface area (Å²) in [7, 11) is 0. The molecule has 3 heterocycles. The lowest BCUT2D eigenvalue weighted by Crippen LogP contribution is -2.55. The second kappa shape index (κ2) is 8.41. The number of nitrogens with one attached hydrogen (secondary N) is 1. The quantitative estimate of drug-likeness (QED) is 0.711. The molecule has 2 amide bonds. The second-order valence-corrected chi connectivity index (χ2v) is 7.00. The highest BCUT2D eigenvalue weighted by Gasteiger charge is 2.29. The van der Waals surface area contributed by atoms with Crippen molar-refractivity contribution in [2.75, 3.05) is 31.6 Å². The molecule has 0 radical (unpaired) electrons. The van der Waals surface area contributed by atoms with E-state index >= 15 is 0 Å². The first-order chi connectivity index (χ1) is 13.7. The fraction of sp³-hybridized carbons (Fsp3) is 0.333. The van der Waals surface area contributed by atoms with Gasteiger partial charge in [-0.2, -0.15) is 0 Å². The Morgan fingerprint density at radius 3 is 3.00 bits per heavy atom. The third-order valence-corrected chi connectivity index (χ3v) is 5.15. The van der Waals surface area contributed by atoms with E-state index in [1.165, 1.54) is 0 Å². The van der Waals surface area contributed by atoms with E-state index in [1.54, 1.807) is 12.5 Å². The summed E-state index contributed by atoms with van der Waals surface area (Å²) in [6.07, 6.45) is 4.04. The van der Waals surface area contributed by atoms with Gasteiger partial charge in [-0.3, -0.25) is 9.88 Å². The Morgan fingerprint density at radius 2 is 2.18 bits per heavy atom. The lowest BCUT2D eigenvalue weighted by molar-refractivity contribution is 0.0669. The number of piperazine rings is 1. The molecule has 3 aromatic rings. The molecule has 1 aromatic carbocycles. The molecule has 1 aliphatic rings. The van der Waals surface area contributed by atoms with Gasteiger partial charge in [0.25, 0.3) is 0 Å². The number of aliphatic hydroxyl groups is 1. The minimum absolute atomic E-state index is 0.0897. The van der Waals surface area contributed by atoms with Crippen LogP contribution in [0.5, 0.6) is 0 Å². The van der Waals surface area contributed by atoms with Gasteiger partial charge in [0.2, 0.25) is 0 Å². The molecule has 28 heavy (non-hydrogen) atoms. The molecule has 0 spiro atoms. The number of furan rings is 1. The third-order valence-electron chi connectivity index (χ3n) is 5.15. The lowest BCUT2D eigenvalue weighted by Gasteiger charge is -2.41. The van der Waals surface area contributed by atoms with Gasteiger partial charge in [-0.05, 0) is 42.8 Å². The Balaban J connectivity index is 1.41. The van der Waals surface area contributed by atoms with Crippen molar-refractivity contribution >= 4 is 22.6 Å². The van der Waals surface area contributed by atoms with Crippen LogP contribution in [0.4, 0.5) is 10.5 Å². The Morgan fingerprint density at radius 1 is 1.25 bits per heavy atom. The molecule has 0 aliphatic carbocycles. The molecule has 2 N–H and O–H groups in total. The van der Waals surface area contributed by atoms with Crippen molar-refractivity contribution in [3.8, 4) is 0 Å². The van der Waals surface area contributed by atoms with Crippen LogP contribution in [0, 0.1) is 0 Å². The highest BCUT2D eigenvalue weighted by Crippen LogP contribution is 2.20. The number of carbonyl (C=O) groups excluding carboxylic acids is 1. The van der Waals surface area contributed by atoms with Gasteiger partial charge in [0.1, 0.15) is 5.76 Å². The maximum absolute atomic E-state index is 12.8. The monoisotopic (exact) mass is 380 g/mol. The van der Waals surface area contributed by atoms with Crippen LogP contribution in [-0.2, 0) is 6.54 Å². The zero-order chi connectivity index (χ0) is 19.3. The molecular weight excluding hydrogens is 356 g/mol. The number of urea groups is 1. The van der Waals surface area contributed by atoms with Crippen LogP contribution in [0.15, 0.2) is 59.3 Å². The van der Waals surface area contributed by atoms with Crippen LogP contribution in [0.2, 0.25) is 0 Å². The summed E-state index contributed by atoms with van der Waals surface area (Å²) in [4.78, 5) is 21.2. The van der Waals surface area contributed by atoms with Gasteiger partial charge in [0.15, 0.2) is 0 Å². The molecule has 1 atom stereocenters. The van der Waals surface area contributed by atoms with Crippen molar-refractivity contribution in [1.29, 1.82) is 0 Å². The summed E-state index contributed by atoms with van der Waals surface area (Å²) in [5.41, 5.74) is 1.65. The molecule has 1 aliphatic heterocycles. The summed E-state index contributed by atoms with van der Waals surface area (Å²) in [5, 5.41) is 13.4. The van der Waals surface area contributed by atoms with Gasteiger partial charge >= 0.3 is 6.03 Å². The topological polar surface area (TPSA) is 81.8 Å². The number of nitrogens with zero attached hydrogens (tertiary/aromatic N) is 3. The number of anilines is 1. The number of carbonyl (C=O) groups is 1. The van der Waals surface area contributed by atoms with E-state index in [0.29, 0.717) is 26.1 Å². The highest BCUT2D eigenvalue weighted by molar-refractivity contribution is 5.92. The van der Waals surface area contributed by atoms with Crippen molar-refractivity contribution in [3.63, 3.8) is 0 Å². The van der Waals surface area contributed by atoms with Gasteiger partial charge in [0, 0.05) is 49.6 Å². The number of hydrogen-bond donors (Lipinski definition) is 2. The van der Waals surface area contributed by atoms with Gasteiger partial charge < -0.3 is 19.7 Å². The molecule has 1 saturated heterocycles. The largest absolute Gasteiger partial charge is 0.468 e. The van der Waals surface area contributed by atoms with Crippen LogP contribution in [0.3, 0.4) is 0 Å². The predicted octanol–water partition coefficient (Wildman–Crippen LogP) is 2.93. The van der Waals surface area contributed by atoms with Crippen molar-refractivity contribution in [1.82, 2.24) is 14.8 Å². The summed E-state index contributed by atoms with van der Waals surface area (Å²) in [5.74, 6) is 0.894. The standard InChI is InChI=1S/C21H24N4O3/c26-11-7-18-14-25(10-9-24(18)15-19-4-2-12-28-19)21(27)23-17-5-6-20-16(13-17)3-1-8-22-20/h1-6,8,12-13,18,26H,7,9-11,14-15H2,(H,23,27)/t18-/m0/s1. The summed E-state index contributed by atoms with van der Waals surface area (Å²) in [6, 6.07) is 13.3. The number of benzene rings is 1. The SMILES string of the molecule is O=C(Nc1ccc2ncccc2c1)N1CCN(Cc2ccco2)[C@@H](CCO)C1. The Labute approximate surface area is 163 Å². The van der Waals surface area contributed by atoms with Crippen molar-refractivity contribution in [2.24, 2.45) is 0 Å². The minimum atomic E-state index is -0.121. The number of pyridine rings is 1. The Bertz CT molecular complexity index is 928. The number of rotatable bonds is 5. The van der Waals surface area contributed by atoms with Gasteiger partial charge in [-0.25, -0.2) is 4.79 Å². The molecular formula is C21H24N4O3. The van der Waals surface area contributed by atoms with Crippen LogP contribution in [0.1, 0.15) is 12.2 Å². The van der Waals surface area contributed by atoms with Crippen LogP contribution in [-0.4, -0.2) is 58.2 Å². The van der Waals surface area contributed by atoms with Crippen LogP contribution >= 0.6 is 0 Å². The molecule has 7 nitrogen and oxygen atoms in total. The van der Waals surface area contributed by atoms with Crippen molar-refractivity contribution in [3.05, 3.63) is 60.7 Å². The first-order valence-electron chi connectivity index (χ1n) is 9.51. The summed E-state index contributed by atoms with van der Waals surface area (Å²) in [6.45, 7) is 2.71. The Kier molecular flexibility index (Phi) is 5.55. The highest BCUT2D eigenvalue weighted by atomic mass is 16.3. The fourth-order valence-corrected chi connectivity index (χ4v) is 3.67. The van der Waals surface area contributed by atoms with E-state index in [0.717, 1.165) is 28.9 Å². The molecule has 1 fully saturated rings. The molecule has 4 rings (SSSR count). The summed E-state index contributed by atoms with van der Waals surface area (Å²) >= 11 is 0. The second-order valence-electron chi connectivity index (χ2n) is 7.00. The van der Waals surface area contributed by atoms with E-state index in [4.69, 9.17) is 4.42 Å². The zero-order valence-corrected chi connectivity index (χ0v) is 15.6. The average Bonchev–Trinajstić information content (AvgIpc) is 3.22. The molecule has 0 unspecified atom stereocenters. The zero-order valence-electron chi connectivity index (χ0n) is 15.6. The first kappa shape index (κ1) is 18.5. The lowest BCUT2D eigenvalue weighted by atomic mass is 10.1. The van der Waals surface area contributed by atoms with Crippen molar-refractivity contribution < 1.29 is 14.3 Å². The molecule has 7 heteroatoms. The van der Waals surface area contributed by atoms with Gasteiger partial charge in [0.05, 0.1) is 18.3 Å². The number of aliphatic hydroxyl groups excluding tert-OH is 1. The first-order valence-corrected chi connectivity index (χ1v) is 9.51. The number of hydrogen-bond acceptors (Lipinski definition) is 5. The number of fused-ring (bicyclic) bond motifs is 1. The maximum atomic E-state index is 12.8. The van der Waals surface area contributed by atoms with Gasteiger partial charge in [-0.1, -0.05) is 6.07 Å². The third kappa shape index (κ3) is 4.16. The maximum Gasteiger partial charge on any atom is 0.321 e. The predicted molar refractivity (Wildman–Crippen MR) is 107 cm³/mol. The normalized spacial score (nSPS) is 17.8. The molecule has 0 bridgehead atoms. The smallest absolute Gasteiger partial charge is 0.321 e. The fourth-order valence-electron chi connectivity index (χ4n) is 3.67. The minimum Gasteiger partial charge on any atom is -0.468 e. The van der Waals surface area contributed by atoms with E-state index in [9.17, 15) is 9.90 Å². The van der Waals surface area contributed by atoms with E-state index in [2.05, 4.69) is 15.2 Å². The van der Waals surface area contributed by atoms with E-state index < -0.39 is 0 Å².